The summed E-state index contributed by atoms with van der Waals surface area (Å²) in [5, 5.41) is 8.45. The van der Waals surface area contributed by atoms with Crippen LogP contribution in [-0.4, -0.2) is 29.1 Å². The molecule has 0 spiro atoms. The van der Waals surface area contributed by atoms with Crippen LogP contribution in [0.4, 0.5) is 0 Å². The number of hydrogen-bond acceptors (Lipinski definition) is 7. The lowest BCUT2D eigenvalue weighted by Gasteiger charge is -2.03. The van der Waals surface area contributed by atoms with Gasteiger partial charge in [-0.3, -0.25) is 4.79 Å². The fourth-order valence-electron chi connectivity index (χ4n) is 1.96. The van der Waals surface area contributed by atoms with Crippen molar-refractivity contribution in [3.63, 3.8) is 0 Å². The number of rotatable bonds is 5. The molecule has 0 radical (unpaired) electrons. The fraction of sp³-hybridized carbons (Fsp3) is 0.125. The lowest BCUT2D eigenvalue weighted by atomic mass is 10.1. The Hall–Kier alpha value is -3.00. The number of esters is 1. The molecule has 0 aliphatic heterocycles. The molecule has 0 saturated carbocycles. The van der Waals surface area contributed by atoms with E-state index in [-0.39, 0.29) is 12.5 Å². The van der Waals surface area contributed by atoms with Gasteiger partial charge in [-0.1, -0.05) is 11.2 Å². The number of amides is 1. The third kappa shape index (κ3) is 3.49. The van der Waals surface area contributed by atoms with Gasteiger partial charge in [-0.15, -0.1) is 11.3 Å². The summed E-state index contributed by atoms with van der Waals surface area (Å²) < 4.78 is 9.76. The standard InChI is InChI=1S/C16H13N3O4S/c1-22-16(21)11-6-4-10(5-7-11)14(20)17-9-13-18-15(23-19-13)12-3-2-8-24-12/h2-8H,9H2,1H3,(H,17,20). The van der Waals surface area contributed by atoms with Gasteiger partial charge in [-0.25, -0.2) is 4.79 Å². The van der Waals surface area contributed by atoms with Crippen LogP contribution in [0.25, 0.3) is 10.8 Å². The summed E-state index contributed by atoms with van der Waals surface area (Å²) in [4.78, 5) is 28.5. The highest BCUT2D eigenvalue weighted by molar-refractivity contribution is 7.13. The van der Waals surface area contributed by atoms with E-state index < -0.39 is 5.97 Å². The molecule has 0 bridgehead atoms. The number of hydrogen-bond donors (Lipinski definition) is 1. The summed E-state index contributed by atoms with van der Waals surface area (Å²) in [6, 6.07) is 9.94. The monoisotopic (exact) mass is 343 g/mol. The second-order valence-electron chi connectivity index (χ2n) is 4.74. The fourth-order valence-corrected chi connectivity index (χ4v) is 2.61. The molecule has 0 saturated heterocycles. The first-order valence-electron chi connectivity index (χ1n) is 7.00. The zero-order valence-corrected chi connectivity index (χ0v) is 13.5. The maximum atomic E-state index is 12.1. The molecule has 0 aliphatic rings. The molecule has 122 valence electrons. The number of aromatic nitrogens is 2. The number of nitrogens with zero attached hydrogens (tertiary/aromatic N) is 2. The molecule has 24 heavy (non-hydrogen) atoms. The molecule has 3 aromatic rings. The third-order valence-corrected chi connectivity index (χ3v) is 4.03. The van der Waals surface area contributed by atoms with E-state index in [1.807, 2.05) is 17.5 Å². The van der Waals surface area contributed by atoms with Crippen molar-refractivity contribution in [1.82, 2.24) is 15.5 Å². The number of carbonyl (C=O) groups excluding carboxylic acids is 2. The van der Waals surface area contributed by atoms with E-state index >= 15 is 0 Å². The predicted octanol–water partition coefficient (Wildman–Crippen LogP) is 2.51. The summed E-state index contributed by atoms with van der Waals surface area (Å²) >= 11 is 1.49. The van der Waals surface area contributed by atoms with Gasteiger partial charge in [0.25, 0.3) is 11.8 Å². The highest BCUT2D eigenvalue weighted by Gasteiger charge is 2.12. The van der Waals surface area contributed by atoms with Crippen LogP contribution in [0, 0.1) is 0 Å². The molecule has 2 heterocycles. The van der Waals surface area contributed by atoms with E-state index in [1.165, 1.54) is 30.6 Å². The van der Waals surface area contributed by atoms with Crippen LogP contribution >= 0.6 is 11.3 Å². The minimum absolute atomic E-state index is 0.145. The third-order valence-electron chi connectivity index (χ3n) is 3.18. The average Bonchev–Trinajstić information content (AvgIpc) is 3.30. The number of nitrogens with one attached hydrogen (secondary N) is 1. The summed E-state index contributed by atoms with van der Waals surface area (Å²) in [5.41, 5.74) is 0.803. The highest BCUT2D eigenvalue weighted by atomic mass is 32.1. The maximum Gasteiger partial charge on any atom is 0.337 e. The molecule has 1 amide bonds. The Kier molecular flexibility index (Phi) is 4.66. The van der Waals surface area contributed by atoms with Crippen LogP contribution in [0.15, 0.2) is 46.3 Å². The molecular weight excluding hydrogens is 330 g/mol. The van der Waals surface area contributed by atoms with Gasteiger partial charge < -0.3 is 14.6 Å². The van der Waals surface area contributed by atoms with Gasteiger partial charge in [0.05, 0.1) is 24.1 Å². The zero-order valence-electron chi connectivity index (χ0n) is 12.7. The van der Waals surface area contributed by atoms with Crippen molar-refractivity contribution >= 4 is 23.2 Å². The minimum atomic E-state index is -0.449. The van der Waals surface area contributed by atoms with Crippen molar-refractivity contribution in [2.24, 2.45) is 0 Å². The second kappa shape index (κ2) is 7.05. The van der Waals surface area contributed by atoms with Crippen molar-refractivity contribution in [2.45, 2.75) is 6.54 Å². The Balaban J connectivity index is 1.60. The number of thiophene rings is 1. The topological polar surface area (TPSA) is 94.3 Å². The van der Waals surface area contributed by atoms with Gasteiger partial charge in [-0.2, -0.15) is 4.98 Å². The van der Waals surface area contributed by atoms with Crippen LogP contribution in [-0.2, 0) is 11.3 Å². The molecular formula is C16H13N3O4S. The molecule has 0 aliphatic carbocycles. The van der Waals surface area contributed by atoms with Crippen molar-refractivity contribution < 1.29 is 18.8 Å². The van der Waals surface area contributed by atoms with Crippen molar-refractivity contribution in [3.05, 3.63) is 58.7 Å². The van der Waals surface area contributed by atoms with Crippen LogP contribution in [0.2, 0.25) is 0 Å². The number of carbonyl (C=O) groups is 2. The Morgan fingerprint density at radius 3 is 2.62 bits per heavy atom. The first kappa shape index (κ1) is 15.9. The van der Waals surface area contributed by atoms with E-state index in [0.717, 1.165) is 4.88 Å². The zero-order chi connectivity index (χ0) is 16.9. The molecule has 1 aromatic carbocycles. The lowest BCUT2D eigenvalue weighted by Crippen LogP contribution is -2.23. The van der Waals surface area contributed by atoms with Gasteiger partial charge in [0.15, 0.2) is 5.82 Å². The molecule has 0 atom stereocenters. The SMILES string of the molecule is COC(=O)c1ccc(C(=O)NCc2noc(-c3cccs3)n2)cc1. The number of ether oxygens (including phenoxy) is 1. The van der Waals surface area contributed by atoms with Crippen LogP contribution in [0.5, 0.6) is 0 Å². The van der Waals surface area contributed by atoms with E-state index in [0.29, 0.717) is 22.8 Å². The predicted molar refractivity (Wildman–Crippen MR) is 86.6 cm³/mol. The summed E-state index contributed by atoms with van der Waals surface area (Å²) in [6.45, 7) is 0.145. The van der Waals surface area contributed by atoms with Gasteiger partial charge in [-0.05, 0) is 35.7 Å². The summed E-state index contributed by atoms with van der Waals surface area (Å²) in [5.74, 6) is 0.0679. The quantitative estimate of drug-likeness (QED) is 0.715. The summed E-state index contributed by atoms with van der Waals surface area (Å²) in [7, 11) is 1.30. The summed E-state index contributed by atoms with van der Waals surface area (Å²) in [6.07, 6.45) is 0. The number of methoxy groups -OCH3 is 1. The maximum absolute atomic E-state index is 12.1. The number of benzene rings is 1. The van der Waals surface area contributed by atoms with Gasteiger partial charge in [0, 0.05) is 5.56 Å². The van der Waals surface area contributed by atoms with Crippen LogP contribution in [0.1, 0.15) is 26.5 Å². The average molecular weight is 343 g/mol. The van der Waals surface area contributed by atoms with E-state index in [9.17, 15) is 9.59 Å². The lowest BCUT2D eigenvalue weighted by molar-refractivity contribution is 0.0600. The van der Waals surface area contributed by atoms with Crippen LogP contribution in [0.3, 0.4) is 0 Å². The Morgan fingerprint density at radius 2 is 1.96 bits per heavy atom. The van der Waals surface area contributed by atoms with Crippen molar-refractivity contribution in [3.8, 4) is 10.8 Å². The van der Waals surface area contributed by atoms with Crippen LogP contribution < -0.4 is 5.32 Å². The Morgan fingerprint density at radius 1 is 1.21 bits per heavy atom. The normalized spacial score (nSPS) is 10.4. The van der Waals surface area contributed by atoms with Gasteiger partial charge >= 0.3 is 5.97 Å². The Labute approximate surface area is 141 Å². The smallest absolute Gasteiger partial charge is 0.337 e. The van der Waals surface area contributed by atoms with Crippen molar-refractivity contribution in [2.75, 3.05) is 7.11 Å². The first-order chi connectivity index (χ1) is 11.7. The van der Waals surface area contributed by atoms with Crippen molar-refractivity contribution in [1.29, 1.82) is 0 Å². The van der Waals surface area contributed by atoms with E-state index in [2.05, 4.69) is 20.2 Å². The second-order valence-corrected chi connectivity index (χ2v) is 5.69. The molecule has 1 N–H and O–H groups in total. The first-order valence-corrected chi connectivity index (χ1v) is 7.88. The Bertz CT molecular complexity index is 841. The molecule has 0 unspecified atom stereocenters. The van der Waals surface area contributed by atoms with Gasteiger partial charge in [0.2, 0.25) is 0 Å². The molecule has 0 fully saturated rings. The van der Waals surface area contributed by atoms with Gasteiger partial charge in [0.1, 0.15) is 0 Å². The molecule has 3 rings (SSSR count). The minimum Gasteiger partial charge on any atom is -0.465 e. The molecule has 8 heteroatoms. The molecule has 2 aromatic heterocycles. The highest BCUT2D eigenvalue weighted by Crippen LogP contribution is 2.22. The van der Waals surface area contributed by atoms with E-state index in [1.54, 1.807) is 12.1 Å². The van der Waals surface area contributed by atoms with E-state index in [4.69, 9.17) is 4.52 Å². The molecule has 7 nitrogen and oxygen atoms in total. The largest absolute Gasteiger partial charge is 0.465 e.